The van der Waals surface area contributed by atoms with Crippen molar-refractivity contribution in [3.63, 3.8) is 0 Å². The summed E-state index contributed by atoms with van der Waals surface area (Å²) in [6.07, 6.45) is 2.72. The van der Waals surface area contributed by atoms with Crippen molar-refractivity contribution >= 4 is 54.3 Å². The van der Waals surface area contributed by atoms with Gasteiger partial charge in [0.1, 0.15) is 4.95 Å². The number of thioether (sulfide) groups is 1. The van der Waals surface area contributed by atoms with E-state index in [0.717, 1.165) is 18.7 Å². The highest BCUT2D eigenvalue weighted by molar-refractivity contribution is 9.09. The highest BCUT2D eigenvalue weighted by atomic mass is 79.9. The first-order valence-electron chi connectivity index (χ1n) is 6.76. The van der Waals surface area contributed by atoms with E-state index in [1.54, 1.807) is 17.2 Å². The minimum absolute atomic E-state index is 0.481. The standard InChI is InChI=1S/C13H13BrN4O2S2/c14-11-12(18-5-6-21-13(18)16-11)22(19,20)17-9-2-1-8-3-4-15-10(8)7-9/h1-2,5-7,11-12,15,17H,3-4H2. The molecule has 0 bridgehead atoms. The Hall–Kier alpha value is -1.19. The largest absolute Gasteiger partial charge is 0.384 e. The summed E-state index contributed by atoms with van der Waals surface area (Å²) in [5.74, 6) is 0. The lowest BCUT2D eigenvalue weighted by molar-refractivity contribution is 0.508. The molecule has 3 aliphatic rings. The van der Waals surface area contributed by atoms with Crippen LogP contribution >= 0.6 is 27.7 Å². The number of nitrogens with zero attached hydrogens (tertiary/aromatic N) is 2. The van der Waals surface area contributed by atoms with Crippen molar-refractivity contribution in [2.45, 2.75) is 16.7 Å². The Morgan fingerprint density at radius 1 is 1.45 bits per heavy atom. The smallest absolute Gasteiger partial charge is 0.257 e. The van der Waals surface area contributed by atoms with Crippen LogP contribution in [0.4, 0.5) is 11.4 Å². The van der Waals surface area contributed by atoms with Gasteiger partial charge in [-0.1, -0.05) is 33.8 Å². The molecule has 2 unspecified atom stereocenters. The normalized spacial score (nSPS) is 25.7. The number of alkyl halides is 1. The van der Waals surface area contributed by atoms with E-state index in [1.165, 1.54) is 17.3 Å². The lowest BCUT2D eigenvalue weighted by atomic mass is 10.1. The number of benzene rings is 1. The van der Waals surface area contributed by atoms with E-state index in [9.17, 15) is 8.42 Å². The molecule has 116 valence electrons. The molecule has 3 heterocycles. The van der Waals surface area contributed by atoms with Gasteiger partial charge in [0.25, 0.3) is 10.0 Å². The molecule has 0 spiro atoms. The monoisotopic (exact) mass is 400 g/mol. The first-order valence-corrected chi connectivity index (χ1v) is 10.1. The molecule has 0 saturated heterocycles. The van der Waals surface area contributed by atoms with Crippen molar-refractivity contribution in [3.8, 4) is 0 Å². The zero-order valence-corrected chi connectivity index (χ0v) is 14.6. The maximum atomic E-state index is 12.7. The van der Waals surface area contributed by atoms with Gasteiger partial charge in [-0.05, 0) is 29.5 Å². The Balaban J connectivity index is 1.60. The fraction of sp³-hybridized carbons (Fsp3) is 0.308. The average molecular weight is 401 g/mol. The molecule has 0 saturated carbocycles. The average Bonchev–Trinajstić information content (AvgIpc) is 3.11. The highest BCUT2D eigenvalue weighted by Gasteiger charge is 2.44. The van der Waals surface area contributed by atoms with E-state index in [4.69, 9.17) is 0 Å². The minimum Gasteiger partial charge on any atom is -0.384 e. The van der Waals surface area contributed by atoms with Crippen LogP contribution in [0.5, 0.6) is 0 Å². The highest BCUT2D eigenvalue weighted by Crippen LogP contribution is 2.36. The molecule has 0 aromatic heterocycles. The number of rotatable bonds is 3. The quantitative estimate of drug-likeness (QED) is 0.601. The zero-order chi connectivity index (χ0) is 15.3. The topological polar surface area (TPSA) is 73.8 Å². The number of sulfonamides is 1. The van der Waals surface area contributed by atoms with Gasteiger partial charge in [-0.3, -0.25) is 4.72 Å². The Kier molecular flexibility index (Phi) is 3.39. The Morgan fingerprint density at radius 3 is 3.18 bits per heavy atom. The Morgan fingerprint density at radius 2 is 2.32 bits per heavy atom. The summed E-state index contributed by atoms with van der Waals surface area (Å²) in [5, 5.41) is 5.00. The summed E-state index contributed by atoms with van der Waals surface area (Å²) in [6, 6.07) is 5.60. The molecule has 0 aliphatic carbocycles. The van der Waals surface area contributed by atoms with Crippen LogP contribution in [0.15, 0.2) is 34.8 Å². The van der Waals surface area contributed by atoms with Crippen LogP contribution in [0.25, 0.3) is 0 Å². The second-order valence-electron chi connectivity index (χ2n) is 5.18. The fourth-order valence-electron chi connectivity index (χ4n) is 2.75. The third-order valence-corrected chi connectivity index (χ3v) is 7.24. The van der Waals surface area contributed by atoms with Gasteiger partial charge in [0, 0.05) is 18.4 Å². The second-order valence-corrected chi connectivity index (χ2v) is 8.77. The maximum absolute atomic E-state index is 12.7. The molecule has 6 nitrogen and oxygen atoms in total. The first kappa shape index (κ1) is 14.4. The molecule has 0 amide bonds. The van der Waals surface area contributed by atoms with Gasteiger partial charge in [-0.15, -0.1) is 0 Å². The van der Waals surface area contributed by atoms with Gasteiger partial charge >= 0.3 is 0 Å². The third-order valence-electron chi connectivity index (χ3n) is 3.76. The van der Waals surface area contributed by atoms with E-state index >= 15 is 0 Å². The SMILES string of the molecule is O=S(=O)(Nc1ccc2c(c1)NCC2)C1C(Br)N=C2SC=CN21. The van der Waals surface area contributed by atoms with Crippen molar-refractivity contribution in [1.82, 2.24) is 4.90 Å². The number of hydrogen-bond donors (Lipinski definition) is 2. The number of amidine groups is 1. The van der Waals surface area contributed by atoms with E-state index in [2.05, 4.69) is 31.0 Å². The molecule has 2 N–H and O–H groups in total. The van der Waals surface area contributed by atoms with Crippen molar-refractivity contribution in [3.05, 3.63) is 35.4 Å². The molecule has 1 aromatic rings. The molecule has 0 fully saturated rings. The van der Waals surface area contributed by atoms with E-state index in [-0.39, 0.29) is 0 Å². The molecular weight excluding hydrogens is 388 g/mol. The number of halogens is 1. The van der Waals surface area contributed by atoms with Gasteiger partial charge in [0.2, 0.25) is 0 Å². The fourth-order valence-corrected chi connectivity index (χ4v) is 6.44. The molecular formula is C13H13BrN4O2S2. The van der Waals surface area contributed by atoms with Crippen LogP contribution < -0.4 is 10.0 Å². The summed E-state index contributed by atoms with van der Waals surface area (Å²) in [7, 11) is -3.61. The predicted octanol–water partition coefficient (Wildman–Crippen LogP) is 2.33. The van der Waals surface area contributed by atoms with Gasteiger partial charge in [0.05, 0.1) is 5.69 Å². The van der Waals surface area contributed by atoms with Gasteiger partial charge in [0.15, 0.2) is 10.5 Å². The van der Waals surface area contributed by atoms with Crippen LogP contribution in [-0.4, -0.2) is 35.4 Å². The molecule has 2 atom stereocenters. The lowest BCUT2D eigenvalue weighted by Crippen LogP contribution is -2.42. The van der Waals surface area contributed by atoms with Gasteiger partial charge in [-0.2, -0.15) is 0 Å². The summed E-state index contributed by atoms with van der Waals surface area (Å²) in [4.78, 5) is 5.52. The Bertz CT molecular complexity index is 793. The first-order chi connectivity index (χ1) is 10.5. The molecule has 9 heteroatoms. The van der Waals surface area contributed by atoms with Crippen LogP contribution in [0.2, 0.25) is 0 Å². The van der Waals surface area contributed by atoms with Crippen LogP contribution in [0.3, 0.4) is 0 Å². The van der Waals surface area contributed by atoms with E-state index < -0.39 is 20.3 Å². The lowest BCUT2D eigenvalue weighted by Gasteiger charge is -2.23. The summed E-state index contributed by atoms with van der Waals surface area (Å²) in [6.45, 7) is 0.893. The summed E-state index contributed by atoms with van der Waals surface area (Å²) >= 11 is 4.77. The molecule has 3 aliphatic heterocycles. The second kappa shape index (κ2) is 5.17. The van der Waals surface area contributed by atoms with Gasteiger partial charge in [-0.25, -0.2) is 13.4 Å². The predicted molar refractivity (Wildman–Crippen MR) is 93.7 cm³/mol. The summed E-state index contributed by atoms with van der Waals surface area (Å²) in [5.41, 5.74) is 2.78. The summed E-state index contributed by atoms with van der Waals surface area (Å²) < 4.78 is 28.1. The maximum Gasteiger partial charge on any atom is 0.257 e. The molecule has 1 aromatic carbocycles. The molecule has 4 rings (SSSR count). The number of hydrogen-bond acceptors (Lipinski definition) is 6. The zero-order valence-electron chi connectivity index (χ0n) is 11.4. The number of aliphatic imine (C=N–C) groups is 1. The van der Waals surface area contributed by atoms with Crippen molar-refractivity contribution < 1.29 is 8.42 Å². The molecule has 0 radical (unpaired) electrons. The number of fused-ring (bicyclic) bond motifs is 2. The van der Waals surface area contributed by atoms with Crippen LogP contribution in [-0.2, 0) is 16.4 Å². The van der Waals surface area contributed by atoms with Crippen LogP contribution in [0, 0.1) is 0 Å². The van der Waals surface area contributed by atoms with Crippen molar-refractivity contribution in [1.29, 1.82) is 0 Å². The number of anilines is 2. The van der Waals surface area contributed by atoms with E-state index in [1.807, 2.05) is 17.5 Å². The van der Waals surface area contributed by atoms with Crippen molar-refractivity contribution in [2.24, 2.45) is 4.99 Å². The van der Waals surface area contributed by atoms with Crippen LogP contribution in [0.1, 0.15) is 5.56 Å². The molecule has 22 heavy (non-hydrogen) atoms. The third kappa shape index (κ3) is 2.31. The van der Waals surface area contributed by atoms with Crippen molar-refractivity contribution in [2.75, 3.05) is 16.6 Å². The minimum atomic E-state index is -3.61. The van der Waals surface area contributed by atoms with E-state index in [0.29, 0.717) is 10.9 Å². The van der Waals surface area contributed by atoms with Gasteiger partial charge < -0.3 is 10.2 Å². The Labute approximate surface area is 141 Å². The number of nitrogens with one attached hydrogen (secondary N) is 2.